The molecular weight excluding hydrogens is 340 g/mol. The summed E-state index contributed by atoms with van der Waals surface area (Å²) in [5.74, 6) is 1.32. The van der Waals surface area contributed by atoms with Gasteiger partial charge in [-0.1, -0.05) is 25.1 Å². The van der Waals surface area contributed by atoms with Gasteiger partial charge in [0.1, 0.15) is 5.69 Å². The fourth-order valence-corrected chi connectivity index (χ4v) is 3.39. The Bertz CT molecular complexity index is 946. The maximum atomic E-state index is 13.3. The fourth-order valence-electron chi connectivity index (χ4n) is 3.39. The van der Waals surface area contributed by atoms with Gasteiger partial charge in [0.25, 0.3) is 5.91 Å². The molecule has 27 heavy (non-hydrogen) atoms. The molecule has 0 atom stereocenters. The van der Waals surface area contributed by atoms with Gasteiger partial charge in [-0.25, -0.2) is 0 Å². The predicted octanol–water partition coefficient (Wildman–Crippen LogP) is 4.52. The molecule has 0 bridgehead atoms. The quantitative estimate of drug-likeness (QED) is 0.617. The number of hydrogen-bond acceptors (Lipinski definition) is 3. The average Bonchev–Trinajstić information content (AvgIpc) is 3.10. The zero-order chi connectivity index (χ0) is 19.4. The summed E-state index contributed by atoms with van der Waals surface area (Å²) in [6.45, 7) is 5.51. The average molecular weight is 366 g/mol. The minimum atomic E-state index is 0.0327. The van der Waals surface area contributed by atoms with Crippen molar-refractivity contribution in [1.29, 1.82) is 0 Å². The number of methoxy groups -OCH3 is 2. The molecule has 0 aliphatic rings. The van der Waals surface area contributed by atoms with E-state index in [1.807, 2.05) is 64.9 Å². The number of para-hydroxylation sites is 1. The van der Waals surface area contributed by atoms with E-state index in [2.05, 4.69) is 6.92 Å². The van der Waals surface area contributed by atoms with Crippen LogP contribution in [0.2, 0.25) is 0 Å². The van der Waals surface area contributed by atoms with Crippen LogP contribution in [0.5, 0.6) is 11.5 Å². The molecule has 0 N–H and O–H groups in total. The van der Waals surface area contributed by atoms with Crippen LogP contribution in [0.1, 0.15) is 30.8 Å². The monoisotopic (exact) mass is 366 g/mol. The van der Waals surface area contributed by atoms with Crippen LogP contribution in [-0.4, -0.2) is 42.7 Å². The smallest absolute Gasteiger partial charge is 0.270 e. The minimum Gasteiger partial charge on any atom is -0.493 e. The summed E-state index contributed by atoms with van der Waals surface area (Å²) in [5.41, 5.74) is 2.50. The number of carbonyl (C=O) groups is 1. The van der Waals surface area contributed by atoms with Gasteiger partial charge in [0.2, 0.25) is 0 Å². The summed E-state index contributed by atoms with van der Waals surface area (Å²) in [4.78, 5) is 15.1. The lowest BCUT2D eigenvalue weighted by Gasteiger charge is -2.21. The van der Waals surface area contributed by atoms with Crippen LogP contribution >= 0.6 is 0 Å². The Morgan fingerprint density at radius 1 is 1.00 bits per heavy atom. The molecule has 5 heteroatoms. The summed E-state index contributed by atoms with van der Waals surface area (Å²) in [6, 6.07) is 15.7. The van der Waals surface area contributed by atoms with E-state index >= 15 is 0 Å². The van der Waals surface area contributed by atoms with Gasteiger partial charge in [0.15, 0.2) is 11.5 Å². The summed E-state index contributed by atoms with van der Waals surface area (Å²) in [7, 11) is 3.23. The van der Waals surface area contributed by atoms with Crippen LogP contribution in [-0.2, 0) is 0 Å². The first-order valence-electron chi connectivity index (χ1n) is 9.26. The number of amides is 1. The van der Waals surface area contributed by atoms with Crippen LogP contribution in [0.3, 0.4) is 0 Å². The summed E-state index contributed by atoms with van der Waals surface area (Å²) in [6.07, 6.45) is 0.927. The maximum Gasteiger partial charge on any atom is 0.270 e. The van der Waals surface area contributed by atoms with Gasteiger partial charge in [-0.3, -0.25) is 4.79 Å². The van der Waals surface area contributed by atoms with E-state index in [0.717, 1.165) is 29.6 Å². The third-order valence-electron chi connectivity index (χ3n) is 4.72. The molecule has 1 aromatic heterocycles. The highest BCUT2D eigenvalue weighted by molar-refractivity contribution is 6.00. The standard InChI is InChI=1S/C22H26N2O3/c1-5-13-23(6-2)22(25)19-14-16-9-7-8-10-18(16)24(19)17-11-12-20(26-3)21(15-17)27-4/h7-12,14-15H,5-6,13H2,1-4H3. The van der Waals surface area contributed by atoms with E-state index < -0.39 is 0 Å². The number of ether oxygens (including phenoxy) is 2. The van der Waals surface area contributed by atoms with Gasteiger partial charge in [-0.05, 0) is 37.6 Å². The third-order valence-corrected chi connectivity index (χ3v) is 4.72. The van der Waals surface area contributed by atoms with Crippen molar-refractivity contribution in [1.82, 2.24) is 9.47 Å². The molecule has 142 valence electrons. The zero-order valence-electron chi connectivity index (χ0n) is 16.4. The second-order valence-electron chi connectivity index (χ2n) is 6.35. The topological polar surface area (TPSA) is 43.7 Å². The summed E-state index contributed by atoms with van der Waals surface area (Å²) >= 11 is 0. The molecule has 0 saturated carbocycles. The van der Waals surface area contributed by atoms with E-state index in [1.54, 1.807) is 14.2 Å². The molecule has 2 aromatic carbocycles. The number of aromatic nitrogens is 1. The molecule has 0 spiro atoms. The highest BCUT2D eigenvalue weighted by Gasteiger charge is 2.21. The van der Waals surface area contributed by atoms with Crippen molar-refractivity contribution in [2.75, 3.05) is 27.3 Å². The first-order valence-corrected chi connectivity index (χ1v) is 9.26. The first-order chi connectivity index (χ1) is 13.1. The highest BCUT2D eigenvalue weighted by Crippen LogP contribution is 2.32. The van der Waals surface area contributed by atoms with Gasteiger partial charge >= 0.3 is 0 Å². The lowest BCUT2D eigenvalue weighted by molar-refractivity contribution is 0.0757. The zero-order valence-corrected chi connectivity index (χ0v) is 16.4. The largest absolute Gasteiger partial charge is 0.493 e. The molecule has 0 unspecified atom stereocenters. The third kappa shape index (κ3) is 3.50. The molecule has 0 aliphatic carbocycles. The molecule has 1 heterocycles. The molecule has 1 amide bonds. The lowest BCUT2D eigenvalue weighted by Crippen LogP contribution is -2.32. The number of rotatable bonds is 7. The van der Waals surface area contributed by atoms with Crippen molar-refractivity contribution in [3.63, 3.8) is 0 Å². The molecular formula is C22H26N2O3. The predicted molar refractivity (Wildman–Crippen MR) is 108 cm³/mol. The van der Waals surface area contributed by atoms with E-state index in [-0.39, 0.29) is 5.91 Å². The van der Waals surface area contributed by atoms with Crippen molar-refractivity contribution < 1.29 is 14.3 Å². The van der Waals surface area contributed by atoms with Gasteiger partial charge in [0.05, 0.1) is 25.4 Å². The second-order valence-corrected chi connectivity index (χ2v) is 6.35. The highest BCUT2D eigenvalue weighted by atomic mass is 16.5. The van der Waals surface area contributed by atoms with Crippen LogP contribution in [0.15, 0.2) is 48.5 Å². The van der Waals surface area contributed by atoms with E-state index in [4.69, 9.17) is 9.47 Å². The molecule has 3 aromatic rings. The van der Waals surface area contributed by atoms with Crippen LogP contribution < -0.4 is 9.47 Å². The molecule has 0 fully saturated rings. The number of carbonyl (C=O) groups excluding carboxylic acids is 1. The Hall–Kier alpha value is -2.95. The molecule has 5 nitrogen and oxygen atoms in total. The van der Waals surface area contributed by atoms with Gasteiger partial charge in [-0.15, -0.1) is 0 Å². The van der Waals surface area contributed by atoms with Crippen molar-refractivity contribution in [2.45, 2.75) is 20.3 Å². The Kier molecular flexibility index (Phi) is 5.69. The van der Waals surface area contributed by atoms with Gasteiger partial charge in [0, 0.05) is 24.5 Å². The second kappa shape index (κ2) is 8.16. The van der Waals surface area contributed by atoms with Gasteiger partial charge in [-0.2, -0.15) is 0 Å². The Labute approximate surface area is 160 Å². The number of hydrogen-bond donors (Lipinski definition) is 0. The Balaban J connectivity index is 2.21. The van der Waals surface area contributed by atoms with E-state index in [9.17, 15) is 4.79 Å². The number of fused-ring (bicyclic) bond motifs is 1. The maximum absolute atomic E-state index is 13.3. The van der Waals surface area contributed by atoms with Crippen LogP contribution in [0.4, 0.5) is 0 Å². The molecule has 3 rings (SSSR count). The Morgan fingerprint density at radius 3 is 2.41 bits per heavy atom. The van der Waals surface area contributed by atoms with Crippen molar-refractivity contribution in [3.8, 4) is 17.2 Å². The van der Waals surface area contributed by atoms with Crippen molar-refractivity contribution in [3.05, 3.63) is 54.2 Å². The van der Waals surface area contributed by atoms with Crippen molar-refractivity contribution in [2.24, 2.45) is 0 Å². The fraction of sp³-hybridized carbons (Fsp3) is 0.318. The van der Waals surface area contributed by atoms with Crippen LogP contribution in [0, 0.1) is 0 Å². The van der Waals surface area contributed by atoms with Crippen LogP contribution in [0.25, 0.3) is 16.6 Å². The number of nitrogens with zero attached hydrogens (tertiary/aromatic N) is 2. The number of benzene rings is 2. The first kappa shape index (κ1) is 18.8. The van der Waals surface area contributed by atoms with E-state index in [0.29, 0.717) is 23.7 Å². The molecule has 0 saturated heterocycles. The van der Waals surface area contributed by atoms with Crippen molar-refractivity contribution >= 4 is 16.8 Å². The molecule has 0 aliphatic heterocycles. The summed E-state index contributed by atoms with van der Waals surface area (Å²) in [5, 5.41) is 1.03. The minimum absolute atomic E-state index is 0.0327. The molecule has 0 radical (unpaired) electrons. The van der Waals surface area contributed by atoms with Gasteiger partial charge < -0.3 is 18.9 Å². The van der Waals surface area contributed by atoms with E-state index in [1.165, 1.54) is 0 Å². The normalized spacial score (nSPS) is 10.8. The Morgan fingerprint density at radius 2 is 1.74 bits per heavy atom. The SMILES string of the molecule is CCCN(CC)C(=O)c1cc2ccccc2n1-c1ccc(OC)c(OC)c1. The lowest BCUT2D eigenvalue weighted by atomic mass is 10.2. The summed E-state index contributed by atoms with van der Waals surface area (Å²) < 4.78 is 12.8.